The van der Waals surface area contributed by atoms with Crippen molar-refractivity contribution in [1.82, 2.24) is 0 Å². The van der Waals surface area contributed by atoms with Gasteiger partial charge in [0.15, 0.2) is 12.4 Å². The zero-order valence-corrected chi connectivity index (χ0v) is 14.1. The lowest BCUT2D eigenvalue weighted by Crippen LogP contribution is -2.21. The number of benzene rings is 2. The summed E-state index contributed by atoms with van der Waals surface area (Å²) in [5, 5.41) is 0.305. The van der Waals surface area contributed by atoms with E-state index in [1.807, 2.05) is 6.07 Å². The summed E-state index contributed by atoms with van der Waals surface area (Å²) in [4.78, 5) is 25.1. The van der Waals surface area contributed by atoms with E-state index in [-0.39, 0.29) is 23.9 Å². The summed E-state index contributed by atoms with van der Waals surface area (Å²) in [5.41, 5.74) is -0.0921. The van der Waals surface area contributed by atoms with E-state index in [2.05, 4.69) is 0 Å². The number of rotatable bonds is 5. The molecule has 0 fully saturated rings. The molecule has 4 aromatic rings. The summed E-state index contributed by atoms with van der Waals surface area (Å²) in [5.74, 6) is -0.104. The summed E-state index contributed by atoms with van der Waals surface area (Å²) >= 11 is 0. The fourth-order valence-electron chi connectivity index (χ4n) is 2.59. The number of hydrogen-bond acceptors (Lipinski definition) is 6. The number of fused-ring (bicyclic) bond motifs is 1. The van der Waals surface area contributed by atoms with E-state index in [4.69, 9.17) is 18.3 Å². The molecule has 0 saturated heterocycles. The maximum Gasteiger partial charge on any atom is 0.349 e. The molecular formula is C21H14O6. The predicted octanol–water partition coefficient (Wildman–Crippen LogP) is 4.04. The lowest BCUT2D eigenvalue weighted by atomic mass is 10.2. The minimum Gasteiger partial charge on any atom is -0.482 e. The van der Waals surface area contributed by atoms with E-state index in [0.29, 0.717) is 16.7 Å². The van der Waals surface area contributed by atoms with Crippen LogP contribution in [0.15, 0.2) is 86.6 Å². The van der Waals surface area contributed by atoms with Gasteiger partial charge >= 0.3 is 5.97 Å². The van der Waals surface area contributed by atoms with E-state index in [0.717, 1.165) is 0 Å². The van der Waals surface area contributed by atoms with Crippen molar-refractivity contribution in [3.63, 3.8) is 0 Å². The van der Waals surface area contributed by atoms with Crippen molar-refractivity contribution in [2.24, 2.45) is 0 Å². The van der Waals surface area contributed by atoms with Crippen LogP contribution in [0.1, 0.15) is 0 Å². The third kappa shape index (κ3) is 3.46. The molecule has 134 valence electrons. The van der Waals surface area contributed by atoms with Gasteiger partial charge in [0.25, 0.3) is 0 Å². The number of ether oxygens (including phenoxy) is 2. The van der Waals surface area contributed by atoms with Gasteiger partial charge in [-0.25, -0.2) is 4.79 Å². The molecule has 0 aliphatic rings. The number of carbonyl (C=O) groups is 1. The molecule has 2 heterocycles. The topological polar surface area (TPSA) is 78.9 Å². The molecule has 0 aliphatic heterocycles. The van der Waals surface area contributed by atoms with Gasteiger partial charge in [-0.3, -0.25) is 4.79 Å². The Morgan fingerprint density at radius 1 is 0.926 bits per heavy atom. The SMILES string of the molecule is O=C(COc1ccccc1)Oc1c(-c2ccco2)oc2ccccc2c1=O. The van der Waals surface area contributed by atoms with Gasteiger partial charge in [0.2, 0.25) is 16.9 Å². The highest BCUT2D eigenvalue weighted by Gasteiger charge is 2.22. The van der Waals surface area contributed by atoms with E-state index in [1.165, 1.54) is 6.26 Å². The smallest absolute Gasteiger partial charge is 0.349 e. The molecule has 2 aromatic carbocycles. The first kappa shape index (κ1) is 16.7. The first-order valence-corrected chi connectivity index (χ1v) is 8.20. The van der Waals surface area contributed by atoms with E-state index in [9.17, 15) is 9.59 Å². The number of carbonyl (C=O) groups excluding carboxylic acids is 1. The number of esters is 1. The van der Waals surface area contributed by atoms with Crippen LogP contribution in [0.25, 0.3) is 22.5 Å². The highest BCUT2D eigenvalue weighted by atomic mass is 16.6. The zero-order valence-electron chi connectivity index (χ0n) is 14.1. The van der Waals surface area contributed by atoms with Gasteiger partial charge in [0.1, 0.15) is 11.3 Å². The summed E-state index contributed by atoms with van der Waals surface area (Å²) in [6, 6.07) is 18.8. The van der Waals surface area contributed by atoms with Crippen LogP contribution in [-0.2, 0) is 4.79 Å². The molecule has 0 spiro atoms. The normalized spacial score (nSPS) is 10.7. The molecule has 0 radical (unpaired) electrons. The lowest BCUT2D eigenvalue weighted by Gasteiger charge is -2.09. The van der Waals surface area contributed by atoms with E-state index >= 15 is 0 Å². The van der Waals surface area contributed by atoms with Gasteiger partial charge in [-0.1, -0.05) is 30.3 Å². The first-order valence-electron chi connectivity index (χ1n) is 8.20. The van der Waals surface area contributed by atoms with Gasteiger partial charge in [-0.2, -0.15) is 0 Å². The summed E-state index contributed by atoms with van der Waals surface area (Å²) < 4.78 is 21.8. The van der Waals surface area contributed by atoms with Crippen LogP contribution in [0.3, 0.4) is 0 Å². The Morgan fingerprint density at radius 3 is 2.48 bits per heavy atom. The highest BCUT2D eigenvalue weighted by molar-refractivity contribution is 5.83. The molecule has 6 nitrogen and oxygen atoms in total. The molecule has 0 atom stereocenters. The van der Waals surface area contributed by atoms with Gasteiger partial charge in [-0.05, 0) is 36.4 Å². The van der Waals surface area contributed by atoms with E-state index in [1.54, 1.807) is 60.7 Å². The second kappa shape index (κ2) is 7.21. The van der Waals surface area contributed by atoms with Crippen LogP contribution in [0.5, 0.6) is 11.5 Å². The van der Waals surface area contributed by atoms with Crippen LogP contribution in [0, 0.1) is 0 Å². The summed E-state index contributed by atoms with van der Waals surface area (Å²) in [7, 11) is 0. The molecule has 27 heavy (non-hydrogen) atoms. The molecule has 2 aromatic heterocycles. The number of para-hydroxylation sites is 2. The Hall–Kier alpha value is -3.80. The lowest BCUT2D eigenvalue weighted by molar-refractivity contribution is -0.136. The van der Waals surface area contributed by atoms with Crippen molar-refractivity contribution in [2.45, 2.75) is 0 Å². The minimum absolute atomic E-state index is 0.0526. The van der Waals surface area contributed by atoms with Crippen LogP contribution < -0.4 is 14.9 Å². The second-order valence-electron chi connectivity index (χ2n) is 5.64. The Bertz CT molecular complexity index is 1130. The number of hydrogen-bond donors (Lipinski definition) is 0. The van der Waals surface area contributed by atoms with Crippen molar-refractivity contribution < 1.29 is 23.1 Å². The molecule has 0 bridgehead atoms. The van der Waals surface area contributed by atoms with Crippen molar-refractivity contribution in [3.05, 3.63) is 83.2 Å². The molecule has 4 rings (SSSR count). The van der Waals surface area contributed by atoms with Crippen molar-refractivity contribution in [1.29, 1.82) is 0 Å². The molecule has 0 N–H and O–H groups in total. The molecule has 6 heteroatoms. The fraction of sp³-hybridized carbons (Fsp3) is 0.0476. The van der Waals surface area contributed by atoms with Crippen LogP contribution in [0.4, 0.5) is 0 Å². The van der Waals surface area contributed by atoms with Gasteiger partial charge in [0.05, 0.1) is 11.6 Å². The largest absolute Gasteiger partial charge is 0.482 e. The summed E-state index contributed by atoms with van der Waals surface area (Å²) in [6.45, 7) is -0.353. The van der Waals surface area contributed by atoms with Crippen LogP contribution >= 0.6 is 0 Å². The maximum atomic E-state index is 12.8. The Balaban J connectivity index is 1.67. The molecule has 0 aliphatic carbocycles. The van der Waals surface area contributed by atoms with Crippen LogP contribution in [-0.4, -0.2) is 12.6 Å². The third-order valence-electron chi connectivity index (χ3n) is 3.82. The first-order chi connectivity index (χ1) is 13.2. The quantitative estimate of drug-likeness (QED) is 0.499. The molecule has 0 saturated carbocycles. The van der Waals surface area contributed by atoms with Crippen LogP contribution in [0.2, 0.25) is 0 Å². The Labute approximate surface area is 153 Å². The molecule has 0 unspecified atom stereocenters. The predicted molar refractivity (Wildman–Crippen MR) is 97.8 cm³/mol. The van der Waals surface area contributed by atoms with Crippen molar-refractivity contribution in [2.75, 3.05) is 6.61 Å². The van der Waals surface area contributed by atoms with Gasteiger partial charge in [0, 0.05) is 0 Å². The fourth-order valence-corrected chi connectivity index (χ4v) is 2.59. The minimum atomic E-state index is -0.728. The second-order valence-corrected chi connectivity index (χ2v) is 5.64. The maximum absolute atomic E-state index is 12.8. The molecule has 0 amide bonds. The third-order valence-corrected chi connectivity index (χ3v) is 3.82. The number of furan rings is 1. The van der Waals surface area contributed by atoms with Crippen molar-refractivity contribution >= 4 is 16.9 Å². The van der Waals surface area contributed by atoms with E-state index < -0.39 is 11.4 Å². The summed E-state index contributed by atoms with van der Waals surface area (Å²) in [6.07, 6.45) is 1.44. The molecular weight excluding hydrogens is 348 g/mol. The van der Waals surface area contributed by atoms with Crippen molar-refractivity contribution in [3.8, 4) is 23.0 Å². The monoisotopic (exact) mass is 362 g/mol. The Kier molecular flexibility index (Phi) is 4.45. The standard InChI is InChI=1S/C21H14O6/c22-18(13-25-14-7-2-1-3-8-14)27-21-19(23)15-9-4-5-10-16(15)26-20(21)17-11-6-12-24-17/h1-12H,13H2. The van der Waals surface area contributed by atoms with Gasteiger partial charge in [-0.15, -0.1) is 0 Å². The highest BCUT2D eigenvalue weighted by Crippen LogP contribution is 2.31. The van der Waals surface area contributed by atoms with Gasteiger partial charge < -0.3 is 18.3 Å². The average Bonchev–Trinajstić information content (AvgIpc) is 3.24. The average molecular weight is 362 g/mol. The Morgan fingerprint density at radius 2 is 1.70 bits per heavy atom. The zero-order chi connectivity index (χ0) is 18.6.